The molecular weight excluding hydrogens is 794 g/mol. The summed E-state index contributed by atoms with van der Waals surface area (Å²) in [5, 5.41) is 14.8. The maximum absolute atomic E-state index is 13.8. The van der Waals surface area contributed by atoms with Crippen molar-refractivity contribution in [3.63, 3.8) is 0 Å². The van der Waals surface area contributed by atoms with Gasteiger partial charge in [-0.2, -0.15) is 13.2 Å². The first-order chi connectivity index (χ1) is 22.6. The fraction of sp³-hybridized carbons (Fsp3) is 0.0811. The predicted molar refractivity (Wildman–Crippen MR) is 185 cm³/mol. The van der Waals surface area contributed by atoms with Gasteiger partial charge < -0.3 is 14.2 Å². The van der Waals surface area contributed by atoms with Crippen molar-refractivity contribution in [2.24, 2.45) is 0 Å². The van der Waals surface area contributed by atoms with Gasteiger partial charge in [0.15, 0.2) is 7.14 Å². The maximum atomic E-state index is 13.8. The quantitative estimate of drug-likeness (QED) is 0.141. The van der Waals surface area contributed by atoms with Gasteiger partial charge in [0.1, 0.15) is 11.3 Å². The number of ketones is 1. The molecule has 0 fully saturated rings. The minimum atomic E-state index is -5.25. The van der Waals surface area contributed by atoms with Crippen LogP contribution < -0.4 is 21.5 Å². The topological polar surface area (TPSA) is 76.4 Å². The molecule has 2 aromatic heterocycles. The van der Waals surface area contributed by atoms with Gasteiger partial charge >= 0.3 is 6.18 Å². The number of aryl methyl sites for hydroxylation is 1. The van der Waals surface area contributed by atoms with Crippen LogP contribution in [-0.4, -0.2) is 21.6 Å². The zero-order valence-electron chi connectivity index (χ0n) is 25.3. The van der Waals surface area contributed by atoms with E-state index in [0.717, 1.165) is 36.0 Å². The summed E-state index contributed by atoms with van der Waals surface area (Å²) in [6.07, 6.45) is -5.25. The van der Waals surface area contributed by atoms with Crippen LogP contribution in [0.2, 0.25) is 0 Å². The molecule has 7 aromatic rings. The van der Waals surface area contributed by atoms with Crippen molar-refractivity contribution >= 4 is 71.3 Å². The molecule has 243 valence electrons. The number of halogens is 3. The molecule has 0 saturated carbocycles. The number of hydrogen-bond donors (Lipinski definition) is 1. The van der Waals surface area contributed by atoms with Crippen LogP contribution in [0.15, 0.2) is 132 Å². The van der Waals surface area contributed by atoms with Crippen LogP contribution in [-0.2, 0) is 11.1 Å². The molecule has 0 aliphatic carbocycles. The molecule has 1 N–H and O–H groups in total. The SMILES string of the molecule is CCn1c(=O)c(C(=O)C(F)(F)F)c(O)c2ccc3c4ccccc4sc3c21.O=P(c1ccccc1)(c1ccccc1)c1ccccc1.[Eu]. The van der Waals surface area contributed by atoms with Gasteiger partial charge in [0.2, 0.25) is 0 Å². The van der Waals surface area contributed by atoms with Gasteiger partial charge in [0.25, 0.3) is 11.3 Å². The van der Waals surface area contributed by atoms with Crippen molar-refractivity contribution in [3.8, 4) is 5.75 Å². The molecule has 11 heteroatoms. The van der Waals surface area contributed by atoms with Crippen LogP contribution in [0.3, 0.4) is 0 Å². The molecule has 0 spiro atoms. The summed E-state index contributed by atoms with van der Waals surface area (Å²) in [4.78, 5) is 24.4. The Morgan fingerprint density at radius 3 is 1.67 bits per heavy atom. The van der Waals surface area contributed by atoms with Gasteiger partial charge in [0, 0.05) is 92.7 Å². The van der Waals surface area contributed by atoms with E-state index in [0.29, 0.717) is 10.2 Å². The third kappa shape index (κ3) is 6.49. The Bertz CT molecular complexity index is 2260. The van der Waals surface area contributed by atoms with Crippen molar-refractivity contribution in [1.82, 2.24) is 4.57 Å². The van der Waals surface area contributed by atoms with E-state index >= 15 is 0 Å². The molecule has 0 bridgehead atoms. The molecule has 0 aliphatic rings. The molecule has 48 heavy (non-hydrogen) atoms. The van der Waals surface area contributed by atoms with Crippen LogP contribution in [0.4, 0.5) is 13.2 Å². The Labute approximate surface area is 318 Å². The third-order valence-corrected chi connectivity index (χ3v) is 12.2. The second kappa shape index (κ2) is 14.6. The van der Waals surface area contributed by atoms with E-state index in [2.05, 4.69) is 0 Å². The number of carbonyl (C=O) groups is 1. The van der Waals surface area contributed by atoms with Crippen molar-refractivity contribution in [3.05, 3.63) is 143 Å². The van der Waals surface area contributed by atoms with E-state index in [1.165, 1.54) is 17.4 Å². The fourth-order valence-corrected chi connectivity index (χ4v) is 9.64. The second-order valence-electron chi connectivity index (χ2n) is 10.7. The van der Waals surface area contributed by atoms with Gasteiger partial charge in [-0.05, 0) is 19.1 Å². The summed E-state index contributed by atoms with van der Waals surface area (Å²) in [6.45, 7) is 1.66. The number of aromatic hydroxyl groups is 1. The van der Waals surface area contributed by atoms with Crippen molar-refractivity contribution in [1.29, 1.82) is 0 Å². The Morgan fingerprint density at radius 2 is 1.19 bits per heavy atom. The molecule has 5 nitrogen and oxygen atoms in total. The second-order valence-corrected chi connectivity index (χ2v) is 14.5. The average Bonchev–Trinajstić information content (AvgIpc) is 3.48. The standard InChI is InChI=1S/C19H12F3NO3S.C18H15OP.Eu/c1-2-23-14-11(15(24)13(18(23)26)17(25)19(20,21)22)8-7-10-9-5-3-4-6-12(9)27-16(10)14;19-20(16-10-4-1-5-11-16,17-12-6-2-7-13-17)18-14-8-3-9-15-18;/h3-8,24H,2H2,1H3;1-15H;. The predicted octanol–water partition coefficient (Wildman–Crippen LogP) is 8.17. The van der Waals surface area contributed by atoms with Crippen LogP contribution in [0.1, 0.15) is 17.3 Å². The molecule has 0 unspecified atom stereocenters. The van der Waals surface area contributed by atoms with Crippen LogP contribution in [0.25, 0.3) is 31.1 Å². The Kier molecular flexibility index (Phi) is 10.9. The number of hydrogen-bond acceptors (Lipinski definition) is 5. The number of fused-ring (bicyclic) bond motifs is 5. The number of Topliss-reactive ketones (excluding diaryl/α,β-unsaturated/α-hetero) is 1. The number of thiophene rings is 1. The number of rotatable bonds is 5. The summed E-state index contributed by atoms with van der Waals surface area (Å²) in [5.74, 6) is -3.27. The van der Waals surface area contributed by atoms with Crippen molar-refractivity contribution < 1.29 is 77.0 Å². The third-order valence-electron chi connectivity index (χ3n) is 7.90. The molecule has 7 rings (SSSR count). The first-order valence-electron chi connectivity index (χ1n) is 14.7. The first-order valence-corrected chi connectivity index (χ1v) is 17.2. The molecule has 0 aliphatic heterocycles. The van der Waals surface area contributed by atoms with Gasteiger partial charge in [0.05, 0.1) is 10.2 Å². The van der Waals surface area contributed by atoms with Crippen LogP contribution in [0.5, 0.6) is 5.75 Å². The fourth-order valence-electron chi connectivity index (χ4n) is 5.72. The Balaban J connectivity index is 0.000000192. The van der Waals surface area contributed by atoms with Gasteiger partial charge in [-0.15, -0.1) is 11.3 Å². The van der Waals surface area contributed by atoms with Crippen LogP contribution >= 0.6 is 18.5 Å². The zero-order chi connectivity index (χ0) is 33.3. The summed E-state index contributed by atoms with van der Waals surface area (Å²) in [5.41, 5.74) is -2.05. The van der Waals surface area contributed by atoms with E-state index in [4.69, 9.17) is 0 Å². The summed E-state index contributed by atoms with van der Waals surface area (Å²) in [6, 6.07) is 39.8. The summed E-state index contributed by atoms with van der Waals surface area (Å²) < 4.78 is 55.3. The first kappa shape index (κ1) is 35.9. The largest absolute Gasteiger partial charge is 0.506 e. The number of nitrogens with zero attached hydrogens (tertiary/aromatic N) is 1. The van der Waals surface area contributed by atoms with Gasteiger partial charge in [-0.1, -0.05) is 115 Å². The molecule has 0 saturated heterocycles. The number of pyridine rings is 1. The monoisotopic (exact) mass is 822 g/mol. The Hall–Kier alpha value is -3.40. The number of aromatic nitrogens is 1. The molecule has 1 radical (unpaired) electrons. The Morgan fingerprint density at radius 1 is 0.729 bits per heavy atom. The molecule has 2 heterocycles. The van der Waals surface area contributed by atoms with Crippen molar-refractivity contribution in [2.75, 3.05) is 0 Å². The normalized spacial score (nSPS) is 11.6. The maximum Gasteiger partial charge on any atom is 0.455 e. The molecular formula is C37H27EuF3NO4PS. The molecule has 0 amide bonds. The van der Waals surface area contributed by atoms with Crippen molar-refractivity contribution in [2.45, 2.75) is 19.6 Å². The number of benzene rings is 5. The van der Waals surface area contributed by atoms with E-state index in [1.807, 2.05) is 115 Å². The molecule has 0 atom stereocenters. The zero-order valence-corrected chi connectivity index (χ0v) is 29.5. The average molecular weight is 822 g/mol. The number of carbonyl (C=O) groups excluding carboxylic acids is 1. The van der Waals surface area contributed by atoms with Gasteiger partial charge in [-0.3, -0.25) is 9.59 Å². The smallest absolute Gasteiger partial charge is 0.455 e. The van der Waals surface area contributed by atoms with E-state index in [9.17, 15) is 32.4 Å². The minimum absolute atomic E-state index is 0. The summed E-state index contributed by atoms with van der Waals surface area (Å²) >= 11 is 1.38. The van der Waals surface area contributed by atoms with E-state index in [1.54, 1.807) is 13.0 Å². The van der Waals surface area contributed by atoms with E-state index in [-0.39, 0.29) is 61.3 Å². The number of alkyl halides is 3. The molecule has 5 aromatic carbocycles. The minimum Gasteiger partial charge on any atom is -0.506 e. The summed E-state index contributed by atoms with van der Waals surface area (Å²) in [7, 11) is -2.78. The van der Waals surface area contributed by atoms with E-state index < -0.39 is 36.0 Å². The van der Waals surface area contributed by atoms with Gasteiger partial charge in [-0.25, -0.2) is 0 Å². The van der Waals surface area contributed by atoms with Crippen LogP contribution in [0, 0.1) is 49.4 Å².